The number of hydrogen-bond donors (Lipinski definition) is 1. The molecule has 3 atom stereocenters. The Bertz CT molecular complexity index is 660. The topological polar surface area (TPSA) is 21.3 Å². The molecule has 1 N–H and O–H groups in total. The summed E-state index contributed by atoms with van der Waals surface area (Å²) in [5, 5.41) is 4.43. The molecule has 0 spiro atoms. The molecule has 114 valence electrons. The molecule has 3 heteroatoms. The zero-order valence-electron chi connectivity index (χ0n) is 12.5. The Hall–Kier alpha value is -1.51. The molecule has 0 saturated carbocycles. The Balaban J connectivity index is 1.54. The van der Waals surface area contributed by atoms with Crippen molar-refractivity contribution in [1.29, 1.82) is 0 Å². The Morgan fingerprint density at radius 2 is 1.73 bits per heavy atom. The van der Waals surface area contributed by atoms with E-state index in [0.717, 1.165) is 34.7 Å². The molecule has 2 nitrogen and oxygen atoms in total. The van der Waals surface area contributed by atoms with Crippen molar-refractivity contribution < 1.29 is 4.74 Å². The van der Waals surface area contributed by atoms with Gasteiger partial charge in [0.05, 0.1) is 0 Å². The first-order valence-corrected chi connectivity index (χ1v) is 8.43. The number of nitrogens with one attached hydrogen (secondary N) is 1. The highest BCUT2D eigenvalue weighted by Crippen LogP contribution is 2.33. The van der Waals surface area contributed by atoms with Gasteiger partial charge in [-0.3, -0.25) is 0 Å². The summed E-state index contributed by atoms with van der Waals surface area (Å²) in [4.78, 5) is 0. The molecule has 1 unspecified atom stereocenters. The van der Waals surface area contributed by atoms with Gasteiger partial charge in [-0.2, -0.15) is 0 Å². The smallest absolute Gasteiger partial charge is 0.120 e. The maximum absolute atomic E-state index is 6.30. The van der Waals surface area contributed by atoms with E-state index in [-0.39, 0.29) is 0 Å². The third kappa shape index (κ3) is 2.86. The van der Waals surface area contributed by atoms with Gasteiger partial charge in [-0.1, -0.05) is 41.9 Å². The zero-order chi connectivity index (χ0) is 14.9. The lowest BCUT2D eigenvalue weighted by atomic mass is 10.0. The van der Waals surface area contributed by atoms with Crippen LogP contribution >= 0.6 is 11.6 Å². The SMILES string of the molecule is Clc1ccccc1-c1cccc(OC2C[C@H]3CC[C@@H](C2)N3)c1. The van der Waals surface area contributed by atoms with Crippen LogP contribution in [-0.2, 0) is 0 Å². The molecular formula is C19H20ClNO. The van der Waals surface area contributed by atoms with Gasteiger partial charge < -0.3 is 10.1 Å². The normalized spacial score (nSPS) is 26.9. The van der Waals surface area contributed by atoms with Crippen molar-refractivity contribution in [3.63, 3.8) is 0 Å². The number of ether oxygens (including phenoxy) is 1. The monoisotopic (exact) mass is 313 g/mol. The molecule has 2 aliphatic heterocycles. The summed E-state index contributed by atoms with van der Waals surface area (Å²) in [6.07, 6.45) is 5.16. The van der Waals surface area contributed by atoms with Crippen LogP contribution in [0.4, 0.5) is 0 Å². The van der Waals surface area contributed by atoms with E-state index < -0.39 is 0 Å². The fourth-order valence-corrected chi connectivity index (χ4v) is 3.97. The van der Waals surface area contributed by atoms with Crippen LogP contribution in [0.5, 0.6) is 5.75 Å². The minimum absolute atomic E-state index is 0.334. The van der Waals surface area contributed by atoms with Crippen LogP contribution in [0, 0.1) is 0 Å². The van der Waals surface area contributed by atoms with Crippen molar-refractivity contribution in [2.24, 2.45) is 0 Å². The molecule has 2 aromatic rings. The van der Waals surface area contributed by atoms with Crippen LogP contribution in [0.3, 0.4) is 0 Å². The second kappa shape index (κ2) is 5.94. The van der Waals surface area contributed by atoms with Crippen LogP contribution in [-0.4, -0.2) is 18.2 Å². The average molecular weight is 314 g/mol. The molecule has 4 rings (SSSR count). The van der Waals surface area contributed by atoms with Gasteiger partial charge in [-0.05, 0) is 49.4 Å². The van der Waals surface area contributed by atoms with E-state index in [1.807, 2.05) is 36.4 Å². The van der Waals surface area contributed by atoms with Gasteiger partial charge in [0.1, 0.15) is 11.9 Å². The van der Waals surface area contributed by atoms with Crippen molar-refractivity contribution in [1.82, 2.24) is 5.32 Å². The van der Waals surface area contributed by atoms with Crippen molar-refractivity contribution in [3.05, 3.63) is 53.6 Å². The second-order valence-corrected chi connectivity index (χ2v) is 6.76. The molecule has 0 amide bonds. The zero-order valence-corrected chi connectivity index (χ0v) is 13.2. The van der Waals surface area contributed by atoms with Crippen LogP contribution in [0.2, 0.25) is 5.02 Å². The third-order valence-corrected chi connectivity index (χ3v) is 5.08. The first kappa shape index (κ1) is 14.1. The maximum Gasteiger partial charge on any atom is 0.120 e. The van der Waals surface area contributed by atoms with E-state index in [4.69, 9.17) is 16.3 Å². The highest BCUT2D eigenvalue weighted by molar-refractivity contribution is 6.33. The summed E-state index contributed by atoms with van der Waals surface area (Å²) < 4.78 is 6.26. The fourth-order valence-electron chi connectivity index (χ4n) is 3.73. The summed E-state index contributed by atoms with van der Waals surface area (Å²) in [6.45, 7) is 0. The molecule has 2 heterocycles. The Kier molecular flexibility index (Phi) is 3.81. The minimum atomic E-state index is 0.334. The molecule has 0 radical (unpaired) electrons. The average Bonchev–Trinajstić information content (AvgIpc) is 2.87. The predicted octanol–water partition coefficient (Wildman–Crippen LogP) is 4.67. The van der Waals surface area contributed by atoms with Gasteiger partial charge in [0, 0.05) is 22.7 Å². The molecule has 2 aliphatic rings. The number of halogens is 1. The highest BCUT2D eigenvalue weighted by atomic mass is 35.5. The quantitative estimate of drug-likeness (QED) is 0.889. The van der Waals surface area contributed by atoms with E-state index in [2.05, 4.69) is 17.4 Å². The van der Waals surface area contributed by atoms with E-state index >= 15 is 0 Å². The molecule has 2 bridgehead atoms. The summed E-state index contributed by atoms with van der Waals surface area (Å²) >= 11 is 6.30. The number of hydrogen-bond acceptors (Lipinski definition) is 2. The standard InChI is InChI=1S/C19H20ClNO/c20-19-7-2-1-6-18(19)13-4-3-5-16(10-13)22-17-11-14-8-9-15(12-17)21-14/h1-7,10,14-15,17,21H,8-9,11-12H2/t14-,15+,17?. The van der Waals surface area contributed by atoms with E-state index in [0.29, 0.717) is 18.2 Å². The van der Waals surface area contributed by atoms with Gasteiger partial charge >= 0.3 is 0 Å². The minimum Gasteiger partial charge on any atom is -0.490 e. The van der Waals surface area contributed by atoms with Crippen LogP contribution in [0.15, 0.2) is 48.5 Å². The van der Waals surface area contributed by atoms with Crippen molar-refractivity contribution in [3.8, 4) is 16.9 Å². The van der Waals surface area contributed by atoms with Crippen LogP contribution < -0.4 is 10.1 Å². The number of benzene rings is 2. The number of rotatable bonds is 3. The van der Waals surface area contributed by atoms with E-state index in [9.17, 15) is 0 Å². The molecule has 2 aromatic carbocycles. The summed E-state index contributed by atoms with van der Waals surface area (Å²) in [5.74, 6) is 0.948. The van der Waals surface area contributed by atoms with Gasteiger partial charge in [0.25, 0.3) is 0 Å². The molecule has 2 fully saturated rings. The first-order chi connectivity index (χ1) is 10.8. The number of piperidine rings is 1. The third-order valence-electron chi connectivity index (χ3n) is 4.75. The van der Waals surface area contributed by atoms with Crippen molar-refractivity contribution in [2.45, 2.75) is 43.9 Å². The Morgan fingerprint density at radius 3 is 2.50 bits per heavy atom. The number of fused-ring (bicyclic) bond motifs is 2. The Morgan fingerprint density at radius 1 is 0.955 bits per heavy atom. The first-order valence-electron chi connectivity index (χ1n) is 8.05. The second-order valence-electron chi connectivity index (χ2n) is 6.36. The molecular weight excluding hydrogens is 294 g/mol. The molecule has 0 aliphatic carbocycles. The lowest BCUT2D eigenvalue weighted by Gasteiger charge is -2.29. The lowest BCUT2D eigenvalue weighted by Crippen LogP contribution is -2.42. The molecule has 0 aromatic heterocycles. The van der Waals surface area contributed by atoms with Crippen molar-refractivity contribution >= 4 is 11.6 Å². The Labute approximate surface area is 136 Å². The summed E-state index contributed by atoms with van der Waals surface area (Å²) in [7, 11) is 0. The van der Waals surface area contributed by atoms with E-state index in [1.54, 1.807) is 0 Å². The molecule has 22 heavy (non-hydrogen) atoms. The fraction of sp³-hybridized carbons (Fsp3) is 0.368. The maximum atomic E-state index is 6.30. The van der Waals surface area contributed by atoms with Gasteiger partial charge in [-0.15, -0.1) is 0 Å². The van der Waals surface area contributed by atoms with Crippen LogP contribution in [0.25, 0.3) is 11.1 Å². The van der Waals surface area contributed by atoms with Crippen LogP contribution in [0.1, 0.15) is 25.7 Å². The van der Waals surface area contributed by atoms with Gasteiger partial charge in [0.2, 0.25) is 0 Å². The summed E-state index contributed by atoms with van der Waals surface area (Å²) in [5.41, 5.74) is 2.17. The van der Waals surface area contributed by atoms with Gasteiger partial charge in [-0.25, -0.2) is 0 Å². The van der Waals surface area contributed by atoms with Crippen molar-refractivity contribution in [2.75, 3.05) is 0 Å². The molecule has 2 saturated heterocycles. The van der Waals surface area contributed by atoms with Gasteiger partial charge in [0.15, 0.2) is 0 Å². The van der Waals surface area contributed by atoms with E-state index in [1.165, 1.54) is 12.8 Å². The summed E-state index contributed by atoms with van der Waals surface area (Å²) in [6, 6.07) is 17.5. The predicted molar refractivity (Wildman–Crippen MR) is 90.5 cm³/mol. The lowest BCUT2D eigenvalue weighted by molar-refractivity contribution is 0.137. The largest absolute Gasteiger partial charge is 0.490 e. The highest BCUT2D eigenvalue weighted by Gasteiger charge is 2.34.